The van der Waals surface area contributed by atoms with Crippen molar-refractivity contribution < 1.29 is 9.18 Å². The summed E-state index contributed by atoms with van der Waals surface area (Å²) in [5.74, 6) is 0.452. The van der Waals surface area contributed by atoms with Crippen molar-refractivity contribution >= 4 is 29.0 Å². The molecule has 5 nitrogen and oxygen atoms in total. The molecule has 0 aliphatic heterocycles. The number of carbonyl (C=O) groups excluding carboxylic acids is 1. The van der Waals surface area contributed by atoms with Crippen LogP contribution in [0.15, 0.2) is 48.5 Å². The van der Waals surface area contributed by atoms with Gasteiger partial charge in [0.25, 0.3) is 5.91 Å². The molecule has 0 spiro atoms. The molecule has 2 N–H and O–H groups in total. The van der Waals surface area contributed by atoms with E-state index in [9.17, 15) is 9.18 Å². The molecule has 0 bridgehead atoms. The molecule has 0 fully saturated rings. The summed E-state index contributed by atoms with van der Waals surface area (Å²) in [6.07, 6.45) is 0.701. The van der Waals surface area contributed by atoms with Gasteiger partial charge >= 0.3 is 0 Å². The SMILES string of the molecule is Cc1nc(NCCc2ccc(F)cc2)cc(C(=O)Nc2cccc(Cl)c2C)n1. The Kier molecular flexibility index (Phi) is 6.21. The smallest absolute Gasteiger partial charge is 0.274 e. The highest BCUT2D eigenvalue weighted by molar-refractivity contribution is 6.31. The van der Waals surface area contributed by atoms with E-state index in [4.69, 9.17) is 11.6 Å². The quantitative estimate of drug-likeness (QED) is 0.626. The second-order valence-electron chi connectivity index (χ2n) is 6.36. The minimum Gasteiger partial charge on any atom is -0.370 e. The molecule has 1 aromatic heterocycles. The van der Waals surface area contributed by atoms with Gasteiger partial charge in [-0.1, -0.05) is 29.8 Å². The van der Waals surface area contributed by atoms with Crippen LogP contribution in [0.1, 0.15) is 27.4 Å². The average Bonchev–Trinajstić information content (AvgIpc) is 2.66. The number of aromatic nitrogens is 2. The van der Waals surface area contributed by atoms with Crippen LogP contribution in [0.5, 0.6) is 0 Å². The maximum atomic E-state index is 13.0. The third-order valence-electron chi connectivity index (χ3n) is 4.22. The van der Waals surface area contributed by atoms with Crippen LogP contribution in [0.4, 0.5) is 15.9 Å². The van der Waals surface area contributed by atoms with Crippen LogP contribution in [0.25, 0.3) is 0 Å². The van der Waals surface area contributed by atoms with E-state index >= 15 is 0 Å². The lowest BCUT2D eigenvalue weighted by atomic mass is 10.1. The molecule has 1 heterocycles. The maximum absolute atomic E-state index is 13.0. The van der Waals surface area contributed by atoms with Crippen molar-refractivity contribution in [1.82, 2.24) is 9.97 Å². The Morgan fingerprint density at radius 2 is 1.86 bits per heavy atom. The Hall–Kier alpha value is -2.99. The number of benzene rings is 2. The molecule has 1 amide bonds. The maximum Gasteiger partial charge on any atom is 0.274 e. The van der Waals surface area contributed by atoms with Gasteiger partial charge in [-0.2, -0.15) is 0 Å². The van der Waals surface area contributed by atoms with Crippen LogP contribution < -0.4 is 10.6 Å². The Morgan fingerprint density at radius 1 is 1.11 bits per heavy atom. The molecule has 0 aliphatic carbocycles. The van der Waals surface area contributed by atoms with E-state index in [1.807, 2.05) is 6.92 Å². The number of hydrogen-bond acceptors (Lipinski definition) is 4. The third-order valence-corrected chi connectivity index (χ3v) is 4.63. The van der Waals surface area contributed by atoms with Crippen LogP contribution in [0, 0.1) is 19.7 Å². The zero-order valence-corrected chi connectivity index (χ0v) is 16.3. The van der Waals surface area contributed by atoms with Crippen molar-refractivity contribution in [3.05, 3.63) is 82.0 Å². The standard InChI is InChI=1S/C21H20ClFN4O/c1-13-17(22)4-3-5-18(13)27-21(28)19-12-20(26-14(2)25-19)24-11-10-15-6-8-16(23)9-7-15/h3-9,12H,10-11H2,1-2H3,(H,27,28)(H,24,25,26). The van der Waals surface area contributed by atoms with E-state index in [0.717, 1.165) is 11.1 Å². The predicted octanol–water partition coefficient (Wildman–Crippen LogP) is 4.79. The van der Waals surface area contributed by atoms with Crippen molar-refractivity contribution in [1.29, 1.82) is 0 Å². The normalized spacial score (nSPS) is 10.6. The molecule has 0 unspecified atom stereocenters. The highest BCUT2D eigenvalue weighted by Crippen LogP contribution is 2.23. The molecular formula is C21H20ClFN4O. The number of hydrogen-bond donors (Lipinski definition) is 2. The van der Waals surface area contributed by atoms with Crippen molar-refractivity contribution in [3.63, 3.8) is 0 Å². The Labute approximate surface area is 168 Å². The minimum atomic E-state index is -0.336. The molecule has 144 valence electrons. The van der Waals surface area contributed by atoms with Gasteiger partial charge in [0.15, 0.2) is 0 Å². The predicted molar refractivity (Wildman–Crippen MR) is 110 cm³/mol. The highest BCUT2D eigenvalue weighted by atomic mass is 35.5. The van der Waals surface area contributed by atoms with E-state index in [1.165, 1.54) is 12.1 Å². The monoisotopic (exact) mass is 398 g/mol. The van der Waals surface area contributed by atoms with Gasteiger partial charge in [0.05, 0.1) is 0 Å². The molecule has 3 rings (SSSR count). The molecule has 0 radical (unpaired) electrons. The Bertz CT molecular complexity index is 992. The first-order valence-electron chi connectivity index (χ1n) is 8.83. The van der Waals surface area contributed by atoms with Gasteiger partial charge < -0.3 is 10.6 Å². The third kappa shape index (κ3) is 5.04. The number of anilines is 2. The van der Waals surface area contributed by atoms with Crippen LogP contribution >= 0.6 is 11.6 Å². The largest absolute Gasteiger partial charge is 0.370 e. The van der Waals surface area contributed by atoms with Crippen molar-refractivity contribution in [2.24, 2.45) is 0 Å². The lowest BCUT2D eigenvalue weighted by Crippen LogP contribution is -2.17. The first-order chi connectivity index (χ1) is 13.4. The van der Waals surface area contributed by atoms with Crippen molar-refractivity contribution in [2.45, 2.75) is 20.3 Å². The molecule has 2 aromatic carbocycles. The van der Waals surface area contributed by atoms with Gasteiger partial charge in [-0.3, -0.25) is 4.79 Å². The van der Waals surface area contributed by atoms with Gasteiger partial charge in [-0.05, 0) is 55.7 Å². The molecule has 0 saturated heterocycles. The Balaban J connectivity index is 1.67. The molecule has 28 heavy (non-hydrogen) atoms. The molecule has 3 aromatic rings. The minimum absolute atomic E-state index is 0.256. The fourth-order valence-corrected chi connectivity index (χ4v) is 2.86. The van der Waals surface area contributed by atoms with Gasteiger partial charge in [-0.25, -0.2) is 14.4 Å². The van der Waals surface area contributed by atoms with E-state index in [0.29, 0.717) is 35.3 Å². The number of carbonyl (C=O) groups is 1. The first-order valence-corrected chi connectivity index (χ1v) is 9.20. The molecular weight excluding hydrogens is 379 g/mol. The summed E-state index contributed by atoms with van der Waals surface area (Å²) in [6, 6.07) is 13.3. The zero-order chi connectivity index (χ0) is 20.1. The summed E-state index contributed by atoms with van der Waals surface area (Å²) in [7, 11) is 0. The summed E-state index contributed by atoms with van der Waals surface area (Å²) in [5.41, 5.74) is 2.70. The second-order valence-corrected chi connectivity index (χ2v) is 6.76. The molecule has 0 saturated carbocycles. The lowest BCUT2D eigenvalue weighted by Gasteiger charge is -2.11. The zero-order valence-electron chi connectivity index (χ0n) is 15.6. The van der Waals surface area contributed by atoms with E-state index < -0.39 is 0 Å². The van der Waals surface area contributed by atoms with Crippen LogP contribution in [0.2, 0.25) is 5.02 Å². The van der Waals surface area contributed by atoms with E-state index in [-0.39, 0.29) is 17.4 Å². The summed E-state index contributed by atoms with van der Waals surface area (Å²) in [4.78, 5) is 21.1. The fourth-order valence-electron chi connectivity index (χ4n) is 2.69. The molecule has 7 heteroatoms. The summed E-state index contributed by atoms with van der Waals surface area (Å²) >= 11 is 6.10. The lowest BCUT2D eigenvalue weighted by molar-refractivity contribution is 0.102. The number of nitrogens with one attached hydrogen (secondary N) is 2. The highest BCUT2D eigenvalue weighted by Gasteiger charge is 2.13. The van der Waals surface area contributed by atoms with Gasteiger partial charge in [0.1, 0.15) is 23.2 Å². The number of aryl methyl sites for hydroxylation is 1. The van der Waals surface area contributed by atoms with E-state index in [1.54, 1.807) is 43.3 Å². The summed E-state index contributed by atoms with van der Waals surface area (Å²) in [6.45, 7) is 4.16. The van der Waals surface area contributed by atoms with Gasteiger partial charge in [0, 0.05) is 23.3 Å². The molecule has 0 atom stereocenters. The number of rotatable bonds is 6. The van der Waals surface area contributed by atoms with Gasteiger partial charge in [0.2, 0.25) is 0 Å². The first kappa shape index (κ1) is 19.8. The summed E-state index contributed by atoms with van der Waals surface area (Å²) in [5, 5.41) is 6.60. The molecule has 0 aliphatic rings. The van der Waals surface area contributed by atoms with Gasteiger partial charge in [-0.15, -0.1) is 0 Å². The number of halogens is 2. The second kappa shape index (κ2) is 8.80. The van der Waals surface area contributed by atoms with Crippen molar-refractivity contribution in [2.75, 3.05) is 17.2 Å². The average molecular weight is 399 g/mol. The topological polar surface area (TPSA) is 66.9 Å². The van der Waals surface area contributed by atoms with Crippen LogP contribution in [0.3, 0.4) is 0 Å². The van der Waals surface area contributed by atoms with Crippen LogP contribution in [-0.4, -0.2) is 22.4 Å². The summed E-state index contributed by atoms with van der Waals surface area (Å²) < 4.78 is 13.0. The van der Waals surface area contributed by atoms with Crippen LogP contribution in [-0.2, 0) is 6.42 Å². The fraction of sp³-hybridized carbons (Fsp3) is 0.190. The Morgan fingerprint density at radius 3 is 2.61 bits per heavy atom. The number of amides is 1. The van der Waals surface area contributed by atoms with Crippen molar-refractivity contribution in [3.8, 4) is 0 Å². The van der Waals surface area contributed by atoms with E-state index in [2.05, 4.69) is 20.6 Å². The number of nitrogens with zero attached hydrogens (tertiary/aromatic N) is 2.